The summed E-state index contributed by atoms with van der Waals surface area (Å²) in [5.74, 6) is 0.804. The first-order valence-corrected chi connectivity index (χ1v) is 11.3. The minimum absolute atomic E-state index is 0.0523. The van der Waals surface area contributed by atoms with Gasteiger partial charge in [-0.05, 0) is 61.2 Å². The van der Waals surface area contributed by atoms with E-state index in [1.54, 1.807) is 7.05 Å². The second kappa shape index (κ2) is 12.1. The molecule has 1 saturated heterocycles. The van der Waals surface area contributed by atoms with Gasteiger partial charge in [0.1, 0.15) is 0 Å². The van der Waals surface area contributed by atoms with Crippen molar-refractivity contribution in [3.8, 4) is 0 Å². The van der Waals surface area contributed by atoms with E-state index < -0.39 is 0 Å². The van der Waals surface area contributed by atoms with Gasteiger partial charge in [0.15, 0.2) is 5.96 Å². The summed E-state index contributed by atoms with van der Waals surface area (Å²) in [5.41, 5.74) is 4.52. The number of hydrogen-bond donors (Lipinski definition) is 3. The largest absolute Gasteiger partial charge is 0.352 e. The Hall–Kier alpha value is -2.86. The number of anilines is 1. The predicted molar refractivity (Wildman–Crippen MR) is 128 cm³/mol. The first-order chi connectivity index (χ1) is 15.2. The van der Waals surface area contributed by atoms with Crippen LogP contribution in [0.5, 0.6) is 0 Å². The van der Waals surface area contributed by atoms with E-state index in [2.05, 4.69) is 50.1 Å². The minimum Gasteiger partial charge on any atom is -0.352 e. The molecule has 0 saturated carbocycles. The maximum atomic E-state index is 11.8. The maximum absolute atomic E-state index is 11.8. The van der Waals surface area contributed by atoms with Crippen molar-refractivity contribution in [2.45, 2.75) is 52.2 Å². The van der Waals surface area contributed by atoms with E-state index >= 15 is 0 Å². The molecule has 6 heteroatoms. The number of aliphatic imine (C=N–C) groups is 1. The fraction of sp³-hybridized carbons (Fsp3) is 0.440. The lowest BCUT2D eigenvalue weighted by atomic mass is 10.1. The Morgan fingerprint density at radius 3 is 2.32 bits per heavy atom. The van der Waals surface area contributed by atoms with Gasteiger partial charge in [0, 0.05) is 38.8 Å². The van der Waals surface area contributed by atoms with Crippen molar-refractivity contribution in [1.82, 2.24) is 15.5 Å². The van der Waals surface area contributed by atoms with E-state index in [0.29, 0.717) is 13.0 Å². The van der Waals surface area contributed by atoms with Crippen LogP contribution in [0.25, 0.3) is 0 Å². The molecule has 0 bridgehead atoms. The maximum Gasteiger partial charge on any atom is 0.224 e. The summed E-state index contributed by atoms with van der Waals surface area (Å²) in [5, 5.41) is 9.65. The molecule has 0 aliphatic carbocycles. The van der Waals surface area contributed by atoms with E-state index in [1.165, 1.54) is 37.1 Å². The van der Waals surface area contributed by atoms with Crippen LogP contribution in [0.4, 0.5) is 5.69 Å². The van der Waals surface area contributed by atoms with Crippen LogP contribution in [0.2, 0.25) is 0 Å². The first kappa shape index (κ1) is 22.8. The summed E-state index contributed by atoms with van der Waals surface area (Å²) in [4.78, 5) is 18.6. The third-order valence-corrected chi connectivity index (χ3v) is 5.46. The van der Waals surface area contributed by atoms with Gasteiger partial charge in [0.05, 0.1) is 0 Å². The number of likely N-dealkylation sites (tertiary alicyclic amines) is 1. The fourth-order valence-electron chi connectivity index (χ4n) is 3.76. The molecule has 0 aromatic heterocycles. The zero-order valence-electron chi connectivity index (χ0n) is 18.8. The molecule has 1 fully saturated rings. The first-order valence-electron chi connectivity index (χ1n) is 11.3. The third kappa shape index (κ3) is 7.72. The lowest BCUT2D eigenvalue weighted by molar-refractivity contribution is -0.116. The number of carbonyl (C=O) groups excluding carboxylic acids is 1. The average Bonchev–Trinajstić information content (AvgIpc) is 3.28. The Bertz CT molecular complexity index is 856. The number of amides is 1. The number of benzene rings is 2. The van der Waals surface area contributed by atoms with Crippen molar-refractivity contribution in [3.05, 3.63) is 65.2 Å². The number of nitrogens with zero attached hydrogens (tertiary/aromatic N) is 2. The topological polar surface area (TPSA) is 68.8 Å². The highest BCUT2D eigenvalue weighted by Gasteiger charge is 2.11. The number of carbonyl (C=O) groups is 1. The van der Waals surface area contributed by atoms with E-state index in [-0.39, 0.29) is 5.91 Å². The molecule has 1 amide bonds. The molecule has 1 aliphatic rings. The second-order valence-corrected chi connectivity index (χ2v) is 8.08. The van der Waals surface area contributed by atoms with Crippen LogP contribution >= 0.6 is 0 Å². The molecule has 3 N–H and O–H groups in total. The standard InChI is InChI=1S/C25H35N5O/c1-3-7-24(31)29-23-9-6-8-22(16-23)18-28-25(26-2)27-17-20-10-12-21(13-11-20)19-30-14-4-5-15-30/h6,8-13,16H,3-5,7,14-15,17-19H2,1-2H3,(H,29,31)(H2,26,27,28). The average molecular weight is 422 g/mol. The molecule has 6 nitrogen and oxygen atoms in total. The van der Waals surface area contributed by atoms with Gasteiger partial charge in [-0.25, -0.2) is 0 Å². The smallest absolute Gasteiger partial charge is 0.224 e. The molecule has 2 aromatic rings. The molecule has 3 rings (SSSR count). The molecule has 1 heterocycles. The molecule has 0 radical (unpaired) electrons. The third-order valence-electron chi connectivity index (χ3n) is 5.46. The van der Waals surface area contributed by atoms with Gasteiger partial charge in [-0.3, -0.25) is 14.7 Å². The lowest BCUT2D eigenvalue weighted by Gasteiger charge is -2.15. The fourth-order valence-corrected chi connectivity index (χ4v) is 3.76. The summed E-state index contributed by atoms with van der Waals surface area (Å²) in [6.45, 7) is 6.84. The second-order valence-electron chi connectivity index (χ2n) is 8.08. The quantitative estimate of drug-likeness (QED) is 0.424. The minimum atomic E-state index is 0.0523. The molecular weight excluding hydrogens is 386 g/mol. The molecule has 1 aliphatic heterocycles. The zero-order chi connectivity index (χ0) is 21.9. The normalized spacial score (nSPS) is 14.5. The van der Waals surface area contributed by atoms with Crippen LogP contribution in [-0.4, -0.2) is 36.9 Å². The van der Waals surface area contributed by atoms with E-state index in [0.717, 1.165) is 36.7 Å². The van der Waals surface area contributed by atoms with E-state index in [1.807, 2.05) is 31.2 Å². The van der Waals surface area contributed by atoms with Crippen LogP contribution in [0.3, 0.4) is 0 Å². The Labute approximate surface area is 186 Å². The number of guanidine groups is 1. The van der Waals surface area contributed by atoms with Gasteiger partial charge >= 0.3 is 0 Å². The molecule has 0 spiro atoms. The van der Waals surface area contributed by atoms with E-state index in [4.69, 9.17) is 0 Å². The highest BCUT2D eigenvalue weighted by Crippen LogP contribution is 2.14. The Kier molecular flexibility index (Phi) is 8.91. The molecular formula is C25H35N5O. The lowest BCUT2D eigenvalue weighted by Crippen LogP contribution is -2.36. The summed E-state index contributed by atoms with van der Waals surface area (Å²) in [7, 11) is 1.77. The zero-order valence-corrected chi connectivity index (χ0v) is 18.8. The van der Waals surface area contributed by atoms with Crippen LogP contribution < -0.4 is 16.0 Å². The van der Waals surface area contributed by atoms with Crippen LogP contribution in [0.15, 0.2) is 53.5 Å². The Balaban J connectivity index is 1.45. The van der Waals surface area contributed by atoms with Crippen LogP contribution in [0.1, 0.15) is 49.3 Å². The van der Waals surface area contributed by atoms with Gasteiger partial charge in [-0.1, -0.05) is 43.3 Å². The van der Waals surface area contributed by atoms with Crippen molar-refractivity contribution >= 4 is 17.6 Å². The highest BCUT2D eigenvalue weighted by atomic mass is 16.1. The Morgan fingerprint density at radius 2 is 1.65 bits per heavy atom. The van der Waals surface area contributed by atoms with Crippen LogP contribution in [-0.2, 0) is 24.4 Å². The Morgan fingerprint density at radius 1 is 0.968 bits per heavy atom. The summed E-state index contributed by atoms with van der Waals surface area (Å²) < 4.78 is 0. The molecule has 2 aromatic carbocycles. The van der Waals surface area contributed by atoms with E-state index in [9.17, 15) is 4.79 Å². The van der Waals surface area contributed by atoms with Crippen molar-refractivity contribution in [3.63, 3.8) is 0 Å². The number of hydrogen-bond acceptors (Lipinski definition) is 3. The predicted octanol–water partition coefficient (Wildman–Crippen LogP) is 3.89. The number of rotatable bonds is 9. The van der Waals surface area contributed by atoms with Gasteiger partial charge in [-0.2, -0.15) is 0 Å². The van der Waals surface area contributed by atoms with Crippen molar-refractivity contribution in [2.24, 2.45) is 4.99 Å². The van der Waals surface area contributed by atoms with Gasteiger partial charge < -0.3 is 16.0 Å². The highest BCUT2D eigenvalue weighted by molar-refractivity contribution is 5.90. The summed E-state index contributed by atoms with van der Waals surface area (Å²) >= 11 is 0. The number of nitrogens with one attached hydrogen (secondary N) is 3. The van der Waals surface area contributed by atoms with Crippen molar-refractivity contribution in [2.75, 3.05) is 25.5 Å². The van der Waals surface area contributed by atoms with Gasteiger partial charge in [-0.15, -0.1) is 0 Å². The van der Waals surface area contributed by atoms with Crippen molar-refractivity contribution < 1.29 is 4.79 Å². The van der Waals surface area contributed by atoms with Crippen LogP contribution in [0, 0.1) is 0 Å². The summed E-state index contributed by atoms with van der Waals surface area (Å²) in [6, 6.07) is 16.7. The SMILES string of the molecule is CCCC(=O)Nc1cccc(CNC(=NC)NCc2ccc(CN3CCCC3)cc2)c1. The molecule has 0 atom stereocenters. The van der Waals surface area contributed by atoms with Gasteiger partial charge in [0.25, 0.3) is 0 Å². The van der Waals surface area contributed by atoms with Gasteiger partial charge in [0.2, 0.25) is 5.91 Å². The molecule has 31 heavy (non-hydrogen) atoms. The molecule has 0 unspecified atom stereocenters. The van der Waals surface area contributed by atoms with Crippen molar-refractivity contribution in [1.29, 1.82) is 0 Å². The summed E-state index contributed by atoms with van der Waals surface area (Å²) in [6.07, 6.45) is 4.03. The monoisotopic (exact) mass is 421 g/mol. The molecule has 166 valence electrons.